The number of rotatable bonds is 5. The smallest absolute Gasteiger partial charge is 0.235 e. The van der Waals surface area contributed by atoms with Crippen molar-refractivity contribution in [3.63, 3.8) is 0 Å². The molecule has 8 heteroatoms. The molecule has 0 saturated heterocycles. The van der Waals surface area contributed by atoms with E-state index in [0.29, 0.717) is 24.9 Å². The lowest BCUT2D eigenvalue weighted by Gasteiger charge is -2.13. The average Bonchev–Trinajstić information content (AvgIpc) is 2.47. The van der Waals surface area contributed by atoms with Crippen molar-refractivity contribution < 1.29 is 8.42 Å². The van der Waals surface area contributed by atoms with Gasteiger partial charge in [0.25, 0.3) is 0 Å². The summed E-state index contributed by atoms with van der Waals surface area (Å²) in [5.74, 6) is 0.676. The molecule has 0 saturated carbocycles. The van der Waals surface area contributed by atoms with Gasteiger partial charge in [0.05, 0.1) is 11.6 Å². The first-order chi connectivity index (χ1) is 9.97. The molecule has 0 radical (unpaired) electrons. The summed E-state index contributed by atoms with van der Waals surface area (Å²) in [6.07, 6.45) is 1.60. The highest BCUT2D eigenvalue weighted by molar-refractivity contribution is 7.93. The Morgan fingerprint density at radius 1 is 1.29 bits per heavy atom. The minimum absolute atomic E-state index is 0.422. The molecule has 1 aromatic carbocycles. The zero-order chi connectivity index (χ0) is 15.3. The number of guanidine groups is 1. The SMILES string of the molecule is CC(C)S(=O)(=O)Nc1ccc(CNC2=NCN=CN2)cc1. The van der Waals surface area contributed by atoms with Crippen LogP contribution in [-0.2, 0) is 16.6 Å². The van der Waals surface area contributed by atoms with Gasteiger partial charge in [-0.25, -0.2) is 13.4 Å². The molecule has 21 heavy (non-hydrogen) atoms. The first kappa shape index (κ1) is 15.3. The molecule has 0 spiro atoms. The molecule has 1 aliphatic heterocycles. The van der Waals surface area contributed by atoms with Gasteiger partial charge in [-0.1, -0.05) is 12.1 Å². The molecule has 0 aliphatic carbocycles. The van der Waals surface area contributed by atoms with Crippen LogP contribution >= 0.6 is 0 Å². The first-order valence-corrected chi connectivity index (χ1v) is 8.16. The molecule has 0 amide bonds. The van der Waals surface area contributed by atoms with Gasteiger partial charge >= 0.3 is 0 Å². The molecular weight excluding hydrogens is 290 g/mol. The summed E-state index contributed by atoms with van der Waals surface area (Å²) in [5, 5.41) is 5.57. The van der Waals surface area contributed by atoms with Gasteiger partial charge in [0.15, 0.2) is 5.96 Å². The fourth-order valence-corrected chi connectivity index (χ4v) is 2.27. The van der Waals surface area contributed by atoms with Gasteiger partial charge in [0.2, 0.25) is 10.0 Å². The number of hydrogen-bond donors (Lipinski definition) is 3. The molecule has 3 N–H and O–H groups in total. The maximum atomic E-state index is 11.8. The quantitative estimate of drug-likeness (QED) is 0.752. The zero-order valence-electron chi connectivity index (χ0n) is 12.0. The van der Waals surface area contributed by atoms with Crippen LogP contribution in [0.15, 0.2) is 34.3 Å². The summed E-state index contributed by atoms with van der Waals surface area (Å²) in [4.78, 5) is 8.05. The number of nitrogens with zero attached hydrogens (tertiary/aromatic N) is 2. The van der Waals surface area contributed by atoms with Crippen molar-refractivity contribution >= 4 is 28.0 Å². The van der Waals surface area contributed by atoms with Crippen LogP contribution in [0.2, 0.25) is 0 Å². The van der Waals surface area contributed by atoms with Gasteiger partial charge in [0, 0.05) is 12.2 Å². The Bertz CT molecular complexity index is 635. The van der Waals surface area contributed by atoms with Crippen molar-refractivity contribution in [3.8, 4) is 0 Å². The van der Waals surface area contributed by atoms with Gasteiger partial charge in [-0.3, -0.25) is 9.71 Å². The van der Waals surface area contributed by atoms with Crippen molar-refractivity contribution in [1.29, 1.82) is 0 Å². The molecule has 114 valence electrons. The topological polar surface area (TPSA) is 95.0 Å². The number of sulfonamides is 1. The van der Waals surface area contributed by atoms with Crippen LogP contribution in [0, 0.1) is 0 Å². The predicted molar refractivity (Wildman–Crippen MR) is 84.9 cm³/mol. The van der Waals surface area contributed by atoms with Crippen molar-refractivity contribution in [2.45, 2.75) is 25.6 Å². The number of benzene rings is 1. The Labute approximate surface area is 124 Å². The van der Waals surface area contributed by atoms with Crippen molar-refractivity contribution in [2.75, 3.05) is 11.4 Å². The van der Waals surface area contributed by atoms with Crippen LogP contribution in [0.25, 0.3) is 0 Å². The minimum Gasteiger partial charge on any atom is -0.352 e. The van der Waals surface area contributed by atoms with E-state index < -0.39 is 15.3 Å². The van der Waals surface area contributed by atoms with Crippen LogP contribution in [-0.4, -0.2) is 32.6 Å². The second kappa shape index (κ2) is 6.57. The van der Waals surface area contributed by atoms with E-state index in [4.69, 9.17) is 0 Å². The van der Waals surface area contributed by atoms with E-state index in [2.05, 4.69) is 25.3 Å². The van der Waals surface area contributed by atoms with Gasteiger partial charge < -0.3 is 10.6 Å². The average molecular weight is 309 g/mol. The predicted octanol–water partition coefficient (Wildman–Crippen LogP) is 0.871. The molecule has 0 fully saturated rings. The largest absolute Gasteiger partial charge is 0.352 e. The van der Waals surface area contributed by atoms with Gasteiger partial charge in [-0.15, -0.1) is 0 Å². The molecule has 0 atom stereocenters. The van der Waals surface area contributed by atoms with E-state index in [1.165, 1.54) is 0 Å². The third-order valence-corrected chi connectivity index (χ3v) is 4.66. The van der Waals surface area contributed by atoms with E-state index in [0.717, 1.165) is 5.56 Å². The standard InChI is InChI=1S/C13H19N5O2S/c1-10(2)21(19,20)18-12-5-3-11(4-6-12)7-15-13-16-8-14-9-17-13/h3-6,8,10,18H,7,9H2,1-2H3,(H2,14,15,16,17). The lowest BCUT2D eigenvalue weighted by molar-refractivity contribution is 0.593. The molecule has 0 bridgehead atoms. The highest BCUT2D eigenvalue weighted by Gasteiger charge is 2.15. The fraction of sp³-hybridized carbons (Fsp3) is 0.385. The van der Waals surface area contributed by atoms with E-state index >= 15 is 0 Å². The van der Waals surface area contributed by atoms with E-state index in [-0.39, 0.29) is 0 Å². The van der Waals surface area contributed by atoms with Crippen LogP contribution in [0.3, 0.4) is 0 Å². The van der Waals surface area contributed by atoms with E-state index in [1.54, 1.807) is 32.3 Å². The zero-order valence-corrected chi connectivity index (χ0v) is 12.8. The summed E-state index contributed by atoms with van der Waals surface area (Å²) in [5.41, 5.74) is 1.59. The third-order valence-electron chi connectivity index (χ3n) is 2.90. The second-order valence-corrected chi connectivity index (χ2v) is 7.09. The Morgan fingerprint density at radius 3 is 2.57 bits per heavy atom. The molecule has 1 aromatic rings. The molecular formula is C13H19N5O2S. The molecule has 0 unspecified atom stereocenters. The van der Waals surface area contributed by atoms with Crippen LogP contribution in [0.5, 0.6) is 0 Å². The highest BCUT2D eigenvalue weighted by atomic mass is 32.2. The van der Waals surface area contributed by atoms with E-state index in [1.807, 2.05) is 12.1 Å². The summed E-state index contributed by atoms with van der Waals surface area (Å²) in [6, 6.07) is 7.22. The molecule has 0 aromatic heterocycles. The summed E-state index contributed by atoms with van der Waals surface area (Å²) in [7, 11) is -3.30. The van der Waals surface area contributed by atoms with Crippen LogP contribution < -0.4 is 15.4 Å². The summed E-state index contributed by atoms with van der Waals surface area (Å²) < 4.78 is 26.1. The fourth-order valence-electron chi connectivity index (χ4n) is 1.57. The molecule has 1 aliphatic rings. The summed E-state index contributed by atoms with van der Waals surface area (Å²) in [6.45, 7) is 4.30. The Morgan fingerprint density at radius 2 is 2.00 bits per heavy atom. The van der Waals surface area contributed by atoms with Crippen LogP contribution in [0.1, 0.15) is 19.4 Å². The number of hydrogen-bond acceptors (Lipinski definition) is 6. The Balaban J connectivity index is 1.91. The maximum absolute atomic E-state index is 11.8. The molecule has 2 rings (SSSR count). The van der Waals surface area contributed by atoms with Crippen molar-refractivity contribution in [2.24, 2.45) is 9.98 Å². The van der Waals surface area contributed by atoms with Gasteiger partial charge in [-0.2, -0.15) is 0 Å². The second-order valence-electron chi connectivity index (χ2n) is 4.85. The number of anilines is 1. The normalized spacial score (nSPS) is 14.5. The Hall–Kier alpha value is -2.09. The molecule has 1 heterocycles. The maximum Gasteiger partial charge on any atom is 0.235 e. The monoisotopic (exact) mass is 309 g/mol. The van der Waals surface area contributed by atoms with Crippen molar-refractivity contribution in [3.05, 3.63) is 29.8 Å². The minimum atomic E-state index is -3.30. The first-order valence-electron chi connectivity index (χ1n) is 6.61. The van der Waals surface area contributed by atoms with Crippen LogP contribution in [0.4, 0.5) is 5.69 Å². The highest BCUT2D eigenvalue weighted by Crippen LogP contribution is 2.13. The van der Waals surface area contributed by atoms with E-state index in [9.17, 15) is 8.42 Å². The lowest BCUT2D eigenvalue weighted by Crippen LogP contribution is -2.37. The van der Waals surface area contributed by atoms with Crippen molar-refractivity contribution in [1.82, 2.24) is 10.6 Å². The third kappa shape index (κ3) is 4.45. The molecule has 7 nitrogen and oxygen atoms in total. The van der Waals surface area contributed by atoms with Gasteiger partial charge in [-0.05, 0) is 31.5 Å². The summed E-state index contributed by atoms with van der Waals surface area (Å²) >= 11 is 0. The number of nitrogens with one attached hydrogen (secondary N) is 3. The Kier molecular flexibility index (Phi) is 4.79. The van der Waals surface area contributed by atoms with Gasteiger partial charge in [0.1, 0.15) is 6.67 Å². The number of aliphatic imine (C=N–C) groups is 2. The lowest BCUT2D eigenvalue weighted by atomic mass is 10.2.